The molecule has 0 spiro atoms. The summed E-state index contributed by atoms with van der Waals surface area (Å²) in [6.07, 6.45) is 1.42. The number of hydrogen-bond donors (Lipinski definition) is 1. The minimum Gasteiger partial charge on any atom is -0.385 e. The molecule has 0 radical (unpaired) electrons. The third kappa shape index (κ3) is 4.26. The number of benzene rings is 1. The molecule has 16 heavy (non-hydrogen) atoms. The van der Waals surface area contributed by atoms with Gasteiger partial charge in [-0.1, -0.05) is 12.1 Å². The van der Waals surface area contributed by atoms with E-state index in [4.69, 9.17) is 0 Å². The number of hydrogen-bond acceptors (Lipinski definition) is 3. The number of anilines is 1. The van der Waals surface area contributed by atoms with Gasteiger partial charge < -0.3 is 10.1 Å². The molecule has 1 aromatic carbocycles. The Labute approximate surface area is 95.9 Å². The topological polar surface area (TPSA) is 46.2 Å². The standard InChI is InChI=1S/C13H17NO2/c1-10(15)5-4-8-14-13-7-3-6-12(9-13)11(2)16/h3,6-7,9,14H,4-5,8H2,1-2H3. The summed E-state index contributed by atoms with van der Waals surface area (Å²) in [5, 5.41) is 3.19. The Morgan fingerprint density at radius 2 is 2.00 bits per heavy atom. The monoisotopic (exact) mass is 219 g/mol. The summed E-state index contributed by atoms with van der Waals surface area (Å²) in [5.74, 6) is 0.270. The molecular weight excluding hydrogens is 202 g/mol. The maximum atomic E-state index is 11.1. The van der Waals surface area contributed by atoms with E-state index in [1.807, 2.05) is 18.2 Å². The van der Waals surface area contributed by atoms with Crippen molar-refractivity contribution in [3.8, 4) is 0 Å². The minimum absolute atomic E-state index is 0.0624. The highest BCUT2D eigenvalue weighted by Crippen LogP contribution is 2.11. The van der Waals surface area contributed by atoms with Crippen LogP contribution in [-0.4, -0.2) is 18.1 Å². The Bertz CT molecular complexity index is 385. The van der Waals surface area contributed by atoms with Crippen LogP contribution in [0.4, 0.5) is 5.69 Å². The molecule has 0 fully saturated rings. The first kappa shape index (κ1) is 12.4. The second-order valence-corrected chi connectivity index (χ2v) is 3.87. The van der Waals surface area contributed by atoms with Gasteiger partial charge in [-0.05, 0) is 32.4 Å². The summed E-state index contributed by atoms with van der Waals surface area (Å²) < 4.78 is 0. The van der Waals surface area contributed by atoms with Crippen molar-refractivity contribution in [2.45, 2.75) is 26.7 Å². The van der Waals surface area contributed by atoms with Crippen LogP contribution in [0.5, 0.6) is 0 Å². The summed E-state index contributed by atoms with van der Waals surface area (Å²) in [6.45, 7) is 3.90. The maximum Gasteiger partial charge on any atom is 0.159 e. The largest absolute Gasteiger partial charge is 0.385 e. The molecular formula is C13H17NO2. The molecule has 1 rings (SSSR count). The van der Waals surface area contributed by atoms with Crippen molar-refractivity contribution >= 4 is 17.3 Å². The second kappa shape index (κ2) is 6.05. The zero-order chi connectivity index (χ0) is 12.0. The van der Waals surface area contributed by atoms with Gasteiger partial charge in [-0.2, -0.15) is 0 Å². The van der Waals surface area contributed by atoms with Crippen LogP contribution in [0.2, 0.25) is 0 Å². The van der Waals surface area contributed by atoms with Crippen LogP contribution in [0.15, 0.2) is 24.3 Å². The van der Waals surface area contributed by atoms with Crippen LogP contribution >= 0.6 is 0 Å². The summed E-state index contributed by atoms with van der Waals surface area (Å²) in [4.78, 5) is 21.9. The van der Waals surface area contributed by atoms with E-state index in [0.717, 1.165) is 18.7 Å². The SMILES string of the molecule is CC(=O)CCCNc1cccc(C(C)=O)c1. The van der Waals surface area contributed by atoms with Crippen LogP contribution in [0.1, 0.15) is 37.0 Å². The van der Waals surface area contributed by atoms with Crippen molar-refractivity contribution in [3.05, 3.63) is 29.8 Å². The van der Waals surface area contributed by atoms with Crippen molar-refractivity contribution in [3.63, 3.8) is 0 Å². The molecule has 0 aliphatic carbocycles. The zero-order valence-electron chi connectivity index (χ0n) is 9.75. The molecule has 0 aliphatic heterocycles. The van der Waals surface area contributed by atoms with Crippen LogP contribution in [0.3, 0.4) is 0 Å². The number of ketones is 2. The second-order valence-electron chi connectivity index (χ2n) is 3.87. The molecule has 86 valence electrons. The van der Waals surface area contributed by atoms with E-state index < -0.39 is 0 Å². The fraction of sp³-hybridized carbons (Fsp3) is 0.385. The molecule has 0 aliphatic rings. The van der Waals surface area contributed by atoms with Crippen molar-refractivity contribution < 1.29 is 9.59 Å². The molecule has 0 atom stereocenters. The maximum absolute atomic E-state index is 11.1. The number of nitrogens with one attached hydrogen (secondary N) is 1. The molecule has 0 saturated carbocycles. The first-order valence-corrected chi connectivity index (χ1v) is 5.44. The van der Waals surface area contributed by atoms with E-state index in [1.165, 1.54) is 0 Å². The van der Waals surface area contributed by atoms with E-state index in [2.05, 4.69) is 5.32 Å². The number of carbonyl (C=O) groups is 2. The predicted octanol–water partition coefficient (Wildman–Crippen LogP) is 2.67. The van der Waals surface area contributed by atoms with Crippen molar-refractivity contribution in [1.29, 1.82) is 0 Å². The lowest BCUT2D eigenvalue weighted by molar-refractivity contribution is -0.117. The molecule has 0 aromatic heterocycles. The Balaban J connectivity index is 2.45. The van der Waals surface area contributed by atoms with Crippen LogP contribution in [0.25, 0.3) is 0 Å². The van der Waals surface area contributed by atoms with Gasteiger partial charge >= 0.3 is 0 Å². The van der Waals surface area contributed by atoms with Gasteiger partial charge in [-0.25, -0.2) is 0 Å². The Hall–Kier alpha value is -1.64. The van der Waals surface area contributed by atoms with Gasteiger partial charge in [0.1, 0.15) is 5.78 Å². The third-order valence-corrected chi connectivity index (χ3v) is 2.30. The number of Topliss-reactive ketones (excluding diaryl/α,β-unsaturated/α-hetero) is 2. The van der Waals surface area contributed by atoms with E-state index in [0.29, 0.717) is 12.0 Å². The smallest absolute Gasteiger partial charge is 0.159 e. The van der Waals surface area contributed by atoms with Gasteiger partial charge in [0.25, 0.3) is 0 Å². The minimum atomic E-state index is 0.0624. The predicted molar refractivity (Wildman–Crippen MR) is 64.9 cm³/mol. The molecule has 1 N–H and O–H groups in total. The van der Waals surface area contributed by atoms with Crippen LogP contribution in [-0.2, 0) is 4.79 Å². The van der Waals surface area contributed by atoms with Crippen molar-refractivity contribution in [2.24, 2.45) is 0 Å². The zero-order valence-corrected chi connectivity index (χ0v) is 9.75. The molecule has 0 unspecified atom stereocenters. The van der Waals surface area contributed by atoms with E-state index in [9.17, 15) is 9.59 Å². The summed E-state index contributed by atoms with van der Waals surface area (Å²) in [5.41, 5.74) is 1.63. The lowest BCUT2D eigenvalue weighted by Gasteiger charge is -2.06. The Morgan fingerprint density at radius 3 is 2.62 bits per heavy atom. The van der Waals surface area contributed by atoms with Gasteiger partial charge in [-0.15, -0.1) is 0 Å². The normalized spacial score (nSPS) is 9.88. The summed E-state index contributed by atoms with van der Waals surface area (Å²) in [7, 11) is 0. The van der Waals surface area contributed by atoms with Gasteiger partial charge in [0.2, 0.25) is 0 Å². The Kier molecular flexibility index (Phi) is 4.70. The molecule has 0 amide bonds. The first-order valence-electron chi connectivity index (χ1n) is 5.44. The molecule has 3 nitrogen and oxygen atoms in total. The highest BCUT2D eigenvalue weighted by molar-refractivity contribution is 5.94. The lowest BCUT2D eigenvalue weighted by atomic mass is 10.1. The van der Waals surface area contributed by atoms with Crippen LogP contribution < -0.4 is 5.32 Å². The van der Waals surface area contributed by atoms with Gasteiger partial charge in [-0.3, -0.25) is 4.79 Å². The van der Waals surface area contributed by atoms with Gasteiger partial charge in [0.05, 0.1) is 0 Å². The summed E-state index contributed by atoms with van der Waals surface area (Å²) >= 11 is 0. The average Bonchev–Trinajstić information content (AvgIpc) is 2.24. The highest BCUT2D eigenvalue weighted by Gasteiger charge is 2.00. The van der Waals surface area contributed by atoms with E-state index in [-0.39, 0.29) is 11.6 Å². The van der Waals surface area contributed by atoms with Crippen molar-refractivity contribution in [2.75, 3.05) is 11.9 Å². The van der Waals surface area contributed by atoms with E-state index >= 15 is 0 Å². The molecule has 3 heteroatoms. The third-order valence-electron chi connectivity index (χ3n) is 2.30. The lowest BCUT2D eigenvalue weighted by Crippen LogP contribution is -2.04. The first-order chi connectivity index (χ1) is 7.59. The van der Waals surface area contributed by atoms with Gasteiger partial charge in [0, 0.05) is 24.2 Å². The number of carbonyl (C=O) groups excluding carboxylic acids is 2. The summed E-state index contributed by atoms with van der Waals surface area (Å²) in [6, 6.07) is 7.39. The van der Waals surface area contributed by atoms with E-state index in [1.54, 1.807) is 19.9 Å². The molecule has 0 saturated heterocycles. The quantitative estimate of drug-likeness (QED) is 0.591. The molecule has 1 aromatic rings. The van der Waals surface area contributed by atoms with Crippen molar-refractivity contribution in [1.82, 2.24) is 0 Å². The molecule has 0 bridgehead atoms. The molecule has 0 heterocycles. The van der Waals surface area contributed by atoms with Gasteiger partial charge in [0.15, 0.2) is 5.78 Å². The fourth-order valence-electron chi connectivity index (χ4n) is 1.42. The fourth-order valence-corrected chi connectivity index (χ4v) is 1.42. The Morgan fingerprint density at radius 1 is 1.25 bits per heavy atom. The average molecular weight is 219 g/mol. The number of rotatable bonds is 6. The highest BCUT2D eigenvalue weighted by atomic mass is 16.1. The van der Waals surface area contributed by atoms with Crippen LogP contribution in [0, 0.1) is 0 Å².